The van der Waals surface area contributed by atoms with Gasteiger partial charge in [-0.05, 0) is 25.5 Å². The van der Waals surface area contributed by atoms with Crippen LogP contribution in [-0.4, -0.2) is 73.6 Å². The van der Waals surface area contributed by atoms with Gasteiger partial charge in [-0.2, -0.15) is 4.31 Å². The molecule has 142 valence electrons. The predicted molar refractivity (Wildman–Crippen MR) is 96.9 cm³/mol. The normalized spacial score (nSPS) is 21.8. The molecule has 0 aliphatic carbocycles. The average molecular weight is 379 g/mol. The molecule has 2 aliphatic heterocycles. The molecular weight excluding hydrogens is 354 g/mol. The fourth-order valence-electron chi connectivity index (χ4n) is 3.51. The summed E-state index contributed by atoms with van der Waals surface area (Å²) in [6, 6.07) is 6.81. The van der Waals surface area contributed by atoms with Crippen molar-refractivity contribution in [3.8, 4) is 0 Å². The summed E-state index contributed by atoms with van der Waals surface area (Å²) in [5, 5.41) is 0. The van der Waals surface area contributed by atoms with Crippen LogP contribution in [0.15, 0.2) is 29.2 Å². The van der Waals surface area contributed by atoms with Crippen molar-refractivity contribution in [2.75, 3.05) is 39.3 Å². The van der Waals surface area contributed by atoms with Gasteiger partial charge in [-0.3, -0.25) is 9.59 Å². The third kappa shape index (κ3) is 3.76. The smallest absolute Gasteiger partial charge is 0.243 e. The summed E-state index contributed by atoms with van der Waals surface area (Å²) in [5.41, 5.74) is 1.01. The quantitative estimate of drug-likeness (QED) is 0.774. The summed E-state index contributed by atoms with van der Waals surface area (Å²) in [6.45, 7) is 5.89. The molecule has 0 radical (unpaired) electrons. The number of amides is 2. The van der Waals surface area contributed by atoms with Crippen LogP contribution in [0, 0.1) is 12.8 Å². The fourth-order valence-corrected chi connectivity index (χ4v) is 4.94. The van der Waals surface area contributed by atoms with Crippen LogP contribution in [-0.2, 0) is 19.6 Å². The van der Waals surface area contributed by atoms with Crippen LogP contribution in [0.3, 0.4) is 0 Å². The zero-order valence-corrected chi connectivity index (χ0v) is 16.0. The van der Waals surface area contributed by atoms with Crippen LogP contribution >= 0.6 is 0 Å². The Morgan fingerprint density at radius 2 is 1.58 bits per heavy atom. The molecule has 2 heterocycles. The van der Waals surface area contributed by atoms with Crippen LogP contribution in [0.2, 0.25) is 0 Å². The molecule has 0 saturated carbocycles. The van der Waals surface area contributed by atoms with Crippen molar-refractivity contribution >= 4 is 21.8 Å². The highest BCUT2D eigenvalue weighted by Gasteiger charge is 2.35. The Labute approximate surface area is 154 Å². The van der Waals surface area contributed by atoms with Gasteiger partial charge < -0.3 is 9.80 Å². The Morgan fingerprint density at radius 1 is 0.962 bits per heavy atom. The molecule has 7 nitrogen and oxygen atoms in total. The maximum absolute atomic E-state index is 12.7. The Morgan fingerprint density at radius 3 is 2.12 bits per heavy atom. The molecule has 0 spiro atoms. The van der Waals surface area contributed by atoms with Crippen molar-refractivity contribution < 1.29 is 18.0 Å². The number of sulfonamides is 1. The van der Waals surface area contributed by atoms with E-state index < -0.39 is 10.0 Å². The first-order valence-corrected chi connectivity index (χ1v) is 10.3. The lowest BCUT2D eigenvalue weighted by Crippen LogP contribution is -2.52. The monoisotopic (exact) mass is 379 g/mol. The summed E-state index contributed by atoms with van der Waals surface area (Å²) in [5.74, 6) is -0.144. The number of hydrogen-bond donors (Lipinski definition) is 0. The molecule has 26 heavy (non-hydrogen) atoms. The minimum absolute atomic E-state index is 0.00527. The van der Waals surface area contributed by atoms with Gasteiger partial charge in [0.2, 0.25) is 21.8 Å². The summed E-state index contributed by atoms with van der Waals surface area (Å²) < 4.78 is 26.9. The second-order valence-corrected chi connectivity index (χ2v) is 8.93. The van der Waals surface area contributed by atoms with Crippen LogP contribution in [0.1, 0.15) is 18.9 Å². The predicted octanol–water partition coefficient (Wildman–Crippen LogP) is 0.696. The van der Waals surface area contributed by atoms with E-state index in [1.807, 2.05) is 6.92 Å². The van der Waals surface area contributed by atoms with E-state index in [0.29, 0.717) is 45.7 Å². The summed E-state index contributed by atoms with van der Waals surface area (Å²) in [6.07, 6.45) is 0.681. The van der Waals surface area contributed by atoms with Gasteiger partial charge in [-0.25, -0.2) is 8.42 Å². The molecule has 3 rings (SSSR count). The van der Waals surface area contributed by atoms with E-state index in [1.54, 1.807) is 34.1 Å². The van der Waals surface area contributed by atoms with Gasteiger partial charge in [0.15, 0.2) is 0 Å². The number of aryl methyl sites for hydroxylation is 1. The molecule has 2 amide bonds. The van der Waals surface area contributed by atoms with E-state index in [2.05, 4.69) is 0 Å². The van der Waals surface area contributed by atoms with Gasteiger partial charge >= 0.3 is 0 Å². The van der Waals surface area contributed by atoms with E-state index >= 15 is 0 Å². The van der Waals surface area contributed by atoms with Crippen molar-refractivity contribution in [2.45, 2.75) is 25.2 Å². The van der Waals surface area contributed by atoms with Gasteiger partial charge in [0.05, 0.1) is 10.8 Å². The number of likely N-dealkylation sites (tertiary alicyclic amines) is 1. The largest absolute Gasteiger partial charge is 0.342 e. The Bertz CT molecular complexity index is 783. The van der Waals surface area contributed by atoms with E-state index in [1.165, 1.54) is 11.2 Å². The number of piperazine rings is 1. The highest BCUT2D eigenvalue weighted by atomic mass is 32.2. The molecular formula is C18H25N3O4S. The van der Waals surface area contributed by atoms with Crippen LogP contribution in [0.25, 0.3) is 0 Å². The lowest BCUT2D eigenvalue weighted by atomic mass is 10.1. The molecule has 0 bridgehead atoms. The number of nitrogens with zero attached hydrogens (tertiary/aromatic N) is 3. The fraction of sp³-hybridized carbons (Fsp3) is 0.556. The first kappa shape index (κ1) is 18.8. The van der Waals surface area contributed by atoms with E-state index in [0.717, 1.165) is 5.56 Å². The Balaban J connectivity index is 1.59. The van der Waals surface area contributed by atoms with Gasteiger partial charge in [-0.1, -0.05) is 17.7 Å². The number of carbonyl (C=O) groups excluding carboxylic acids is 2. The minimum atomic E-state index is -3.52. The third-order valence-electron chi connectivity index (χ3n) is 5.19. The Kier molecular flexibility index (Phi) is 5.34. The minimum Gasteiger partial charge on any atom is -0.342 e. The first-order valence-electron chi connectivity index (χ1n) is 8.90. The van der Waals surface area contributed by atoms with Gasteiger partial charge in [0.1, 0.15) is 0 Å². The zero-order valence-electron chi connectivity index (χ0n) is 15.2. The summed E-state index contributed by atoms with van der Waals surface area (Å²) >= 11 is 0. The molecule has 1 aromatic rings. The molecule has 2 saturated heterocycles. The molecule has 8 heteroatoms. The van der Waals surface area contributed by atoms with Crippen molar-refractivity contribution in [3.05, 3.63) is 29.8 Å². The molecule has 2 aliphatic rings. The first-order chi connectivity index (χ1) is 12.3. The second-order valence-electron chi connectivity index (χ2n) is 6.99. The van der Waals surface area contributed by atoms with Crippen LogP contribution in [0.5, 0.6) is 0 Å². The summed E-state index contributed by atoms with van der Waals surface area (Å²) in [4.78, 5) is 27.8. The molecule has 1 unspecified atom stereocenters. The van der Waals surface area contributed by atoms with Gasteiger partial charge in [-0.15, -0.1) is 0 Å². The topological polar surface area (TPSA) is 78.0 Å². The van der Waals surface area contributed by atoms with Crippen molar-refractivity contribution in [1.29, 1.82) is 0 Å². The van der Waals surface area contributed by atoms with Crippen LogP contribution in [0.4, 0.5) is 0 Å². The van der Waals surface area contributed by atoms with Crippen LogP contribution < -0.4 is 0 Å². The second kappa shape index (κ2) is 7.36. The molecule has 0 N–H and O–H groups in total. The zero-order chi connectivity index (χ0) is 18.9. The average Bonchev–Trinajstić information content (AvgIpc) is 3.12. The highest BCUT2D eigenvalue weighted by molar-refractivity contribution is 7.89. The number of carbonyl (C=O) groups is 2. The number of rotatable bonds is 3. The highest BCUT2D eigenvalue weighted by Crippen LogP contribution is 2.22. The molecule has 1 atom stereocenters. The van der Waals surface area contributed by atoms with Gasteiger partial charge in [0, 0.05) is 46.2 Å². The SMILES string of the molecule is CC(=O)N1CCC(C(=O)N2CCN(S(=O)(=O)c3ccc(C)cc3)CC2)C1. The van der Waals surface area contributed by atoms with E-state index in [9.17, 15) is 18.0 Å². The molecule has 1 aromatic carbocycles. The van der Waals surface area contributed by atoms with Crippen molar-refractivity contribution in [3.63, 3.8) is 0 Å². The van der Waals surface area contributed by atoms with Crippen molar-refractivity contribution in [2.24, 2.45) is 5.92 Å². The molecule has 2 fully saturated rings. The number of hydrogen-bond acceptors (Lipinski definition) is 4. The van der Waals surface area contributed by atoms with Gasteiger partial charge in [0.25, 0.3) is 0 Å². The lowest BCUT2D eigenvalue weighted by Gasteiger charge is -2.35. The van der Waals surface area contributed by atoms with Crippen molar-refractivity contribution in [1.82, 2.24) is 14.1 Å². The summed E-state index contributed by atoms with van der Waals surface area (Å²) in [7, 11) is -3.52. The maximum Gasteiger partial charge on any atom is 0.243 e. The molecule has 0 aromatic heterocycles. The number of benzene rings is 1. The third-order valence-corrected chi connectivity index (χ3v) is 7.10. The lowest BCUT2D eigenvalue weighted by molar-refractivity contribution is -0.136. The standard InChI is InChI=1S/C18H25N3O4S/c1-14-3-5-17(6-4-14)26(24,25)21-11-9-19(10-12-21)18(23)16-7-8-20(13-16)15(2)22/h3-6,16H,7-13H2,1-2H3. The maximum atomic E-state index is 12.7. The van der Waals surface area contributed by atoms with E-state index in [-0.39, 0.29) is 22.6 Å². The Hall–Kier alpha value is -1.93. The van der Waals surface area contributed by atoms with E-state index in [4.69, 9.17) is 0 Å².